The van der Waals surface area contributed by atoms with E-state index in [0.717, 1.165) is 50.2 Å². The van der Waals surface area contributed by atoms with Crippen molar-refractivity contribution in [2.75, 3.05) is 26.2 Å². The zero-order valence-corrected chi connectivity index (χ0v) is 33.5. The number of imide groups is 2. The van der Waals surface area contributed by atoms with Gasteiger partial charge in [-0.05, 0) is 106 Å². The van der Waals surface area contributed by atoms with E-state index in [2.05, 4.69) is 61.4 Å². The van der Waals surface area contributed by atoms with Gasteiger partial charge in [-0.15, -0.1) is 0 Å². The van der Waals surface area contributed by atoms with E-state index >= 15 is 0 Å². The number of unbranched alkanes of at least 4 members (excludes halogenated alkanes) is 1. The quantitative estimate of drug-likeness (QED) is 0.160. The highest BCUT2D eigenvalue weighted by atomic mass is 35.5. The Morgan fingerprint density at radius 2 is 1.58 bits per heavy atom. The number of carbonyl (C=O) groups is 5. The Bertz CT molecular complexity index is 2120. The molecule has 0 bridgehead atoms. The van der Waals surface area contributed by atoms with Crippen molar-refractivity contribution in [1.29, 1.82) is 5.26 Å². The highest BCUT2D eigenvalue weighted by Gasteiger charge is 2.64. The van der Waals surface area contributed by atoms with Crippen LogP contribution in [0.25, 0.3) is 0 Å². The van der Waals surface area contributed by atoms with E-state index < -0.39 is 29.7 Å². The first kappa shape index (κ1) is 40.0. The maximum atomic E-state index is 13.5. The number of rotatable bonds is 12. The molecule has 298 valence electrons. The Kier molecular flexibility index (Phi) is 11.2. The average molecular weight is 794 g/mol. The topological polar surface area (TPSA) is 158 Å². The molecule has 1 saturated carbocycles. The molecule has 1 atom stereocenters. The SMILES string of the molecule is CC1(C)[C@H](NC(=O)c2ccc(C3CCN(CCCCOc4ccc5c(c4)C(=O)N(C4CCC(=O)NC4=O)C5=O)CC3)cc2)C(C)(C)[C@H]1Oc1ccc(C#N)c(Cl)c1. The van der Waals surface area contributed by atoms with Crippen LogP contribution in [0.5, 0.6) is 11.5 Å². The minimum atomic E-state index is -0.998. The summed E-state index contributed by atoms with van der Waals surface area (Å²) in [6.45, 7) is 11.8. The smallest absolute Gasteiger partial charge is 0.262 e. The minimum absolute atomic E-state index is 0.0740. The van der Waals surface area contributed by atoms with E-state index in [1.54, 1.807) is 36.4 Å². The van der Waals surface area contributed by atoms with Crippen LogP contribution in [0.4, 0.5) is 0 Å². The lowest BCUT2D eigenvalue weighted by Crippen LogP contribution is -2.74. The summed E-state index contributed by atoms with van der Waals surface area (Å²) in [6.07, 6.45) is 3.86. The number of nitrogens with one attached hydrogen (secondary N) is 2. The van der Waals surface area contributed by atoms with Crippen LogP contribution in [0.3, 0.4) is 0 Å². The van der Waals surface area contributed by atoms with Crippen molar-refractivity contribution in [3.63, 3.8) is 0 Å². The van der Waals surface area contributed by atoms with Crippen molar-refractivity contribution < 1.29 is 33.4 Å². The lowest BCUT2D eigenvalue weighted by atomic mass is 9.49. The summed E-state index contributed by atoms with van der Waals surface area (Å²) in [5.41, 5.74) is 2.01. The Hall–Kier alpha value is -5.25. The fourth-order valence-corrected chi connectivity index (χ4v) is 9.59. The van der Waals surface area contributed by atoms with E-state index in [1.807, 2.05) is 12.1 Å². The van der Waals surface area contributed by atoms with Gasteiger partial charge in [0.05, 0.1) is 28.3 Å². The van der Waals surface area contributed by atoms with E-state index in [-0.39, 0.29) is 52.9 Å². The molecule has 3 aromatic carbocycles. The molecular formula is C44H48ClN5O7. The maximum Gasteiger partial charge on any atom is 0.262 e. The van der Waals surface area contributed by atoms with E-state index in [9.17, 15) is 29.2 Å². The number of amides is 5. The summed E-state index contributed by atoms with van der Waals surface area (Å²) in [4.78, 5) is 66.8. The van der Waals surface area contributed by atoms with Crippen LogP contribution in [-0.4, -0.2) is 83.8 Å². The number of benzene rings is 3. The molecule has 4 aliphatic rings. The van der Waals surface area contributed by atoms with Gasteiger partial charge in [0.15, 0.2) is 0 Å². The number of hydrogen-bond donors (Lipinski definition) is 2. The van der Waals surface area contributed by atoms with Gasteiger partial charge < -0.3 is 19.7 Å². The zero-order chi connectivity index (χ0) is 40.6. The number of hydrogen-bond acceptors (Lipinski definition) is 9. The number of ether oxygens (including phenoxy) is 2. The molecule has 12 nitrogen and oxygen atoms in total. The molecule has 3 aliphatic heterocycles. The molecule has 1 aliphatic carbocycles. The third kappa shape index (κ3) is 7.88. The summed E-state index contributed by atoms with van der Waals surface area (Å²) in [7, 11) is 0. The van der Waals surface area contributed by atoms with Crippen molar-refractivity contribution in [2.24, 2.45) is 10.8 Å². The Morgan fingerprint density at radius 3 is 2.25 bits per heavy atom. The first-order valence-electron chi connectivity index (χ1n) is 19.7. The van der Waals surface area contributed by atoms with Gasteiger partial charge >= 0.3 is 0 Å². The predicted octanol–water partition coefficient (Wildman–Crippen LogP) is 6.26. The maximum absolute atomic E-state index is 13.5. The third-order valence-corrected chi connectivity index (χ3v) is 12.5. The normalized spacial score (nSPS) is 22.9. The van der Waals surface area contributed by atoms with Crippen molar-refractivity contribution in [3.05, 3.63) is 93.5 Å². The highest BCUT2D eigenvalue weighted by molar-refractivity contribution is 6.31. The van der Waals surface area contributed by atoms with Gasteiger partial charge in [-0.25, -0.2) is 0 Å². The minimum Gasteiger partial charge on any atom is -0.494 e. The van der Waals surface area contributed by atoms with E-state index in [0.29, 0.717) is 40.2 Å². The summed E-state index contributed by atoms with van der Waals surface area (Å²) in [6, 6.07) is 18.8. The lowest BCUT2D eigenvalue weighted by Gasteiger charge is -2.63. The first-order chi connectivity index (χ1) is 27.2. The van der Waals surface area contributed by atoms with Crippen LogP contribution in [0.2, 0.25) is 5.02 Å². The summed E-state index contributed by atoms with van der Waals surface area (Å²) in [5, 5.41) is 15.0. The molecule has 7 rings (SSSR count). The average Bonchev–Trinajstić information content (AvgIpc) is 3.43. The second-order valence-electron chi connectivity index (χ2n) is 16.7. The van der Waals surface area contributed by atoms with Crippen LogP contribution < -0.4 is 20.1 Å². The number of nitrogens with zero attached hydrogens (tertiary/aromatic N) is 3. The molecule has 3 aromatic rings. The van der Waals surface area contributed by atoms with Crippen LogP contribution in [0.15, 0.2) is 60.7 Å². The Balaban J connectivity index is 0.826. The fourth-order valence-electron chi connectivity index (χ4n) is 9.37. The molecule has 1 unspecified atom stereocenters. The molecule has 57 heavy (non-hydrogen) atoms. The predicted molar refractivity (Wildman–Crippen MR) is 212 cm³/mol. The number of halogens is 1. The van der Waals surface area contributed by atoms with Crippen molar-refractivity contribution in [1.82, 2.24) is 20.4 Å². The molecule has 2 N–H and O–H groups in total. The Morgan fingerprint density at radius 1 is 0.895 bits per heavy atom. The lowest BCUT2D eigenvalue weighted by molar-refractivity contribution is -0.164. The largest absolute Gasteiger partial charge is 0.494 e. The summed E-state index contributed by atoms with van der Waals surface area (Å²) < 4.78 is 12.3. The van der Waals surface area contributed by atoms with Gasteiger partial charge in [-0.3, -0.25) is 34.2 Å². The summed E-state index contributed by atoms with van der Waals surface area (Å²) in [5.74, 6) is -0.716. The molecular weight excluding hydrogens is 746 g/mol. The van der Waals surface area contributed by atoms with E-state index in [4.69, 9.17) is 21.1 Å². The number of likely N-dealkylation sites (tertiary alicyclic amines) is 1. The van der Waals surface area contributed by atoms with Crippen molar-refractivity contribution in [3.8, 4) is 17.6 Å². The first-order valence-corrected chi connectivity index (χ1v) is 20.0. The van der Waals surface area contributed by atoms with E-state index in [1.165, 1.54) is 5.56 Å². The monoisotopic (exact) mass is 793 g/mol. The molecule has 3 fully saturated rings. The molecule has 0 radical (unpaired) electrons. The number of carbonyl (C=O) groups excluding carboxylic acids is 5. The molecule has 0 spiro atoms. The fraction of sp³-hybridized carbons (Fsp3) is 0.455. The van der Waals surface area contributed by atoms with Crippen molar-refractivity contribution >= 4 is 41.1 Å². The molecule has 13 heteroatoms. The van der Waals surface area contributed by atoms with Gasteiger partial charge in [0, 0.05) is 34.9 Å². The number of fused-ring (bicyclic) bond motifs is 1. The Labute approximate surface area is 337 Å². The van der Waals surface area contributed by atoms with Gasteiger partial charge in [0.1, 0.15) is 29.7 Å². The van der Waals surface area contributed by atoms with Gasteiger partial charge in [-0.2, -0.15) is 5.26 Å². The summed E-state index contributed by atoms with van der Waals surface area (Å²) >= 11 is 6.24. The third-order valence-electron chi connectivity index (χ3n) is 12.2. The van der Waals surface area contributed by atoms with Crippen LogP contribution in [-0.2, 0) is 9.59 Å². The van der Waals surface area contributed by atoms with Crippen LogP contribution >= 0.6 is 11.6 Å². The van der Waals surface area contributed by atoms with Crippen molar-refractivity contribution in [2.45, 2.75) is 90.3 Å². The molecule has 0 aromatic heterocycles. The second kappa shape index (κ2) is 15.9. The standard InChI is InChI=1S/C44H48ClN5O7/c1-43(2)41(44(3,4)42(43)57-31-12-11-29(25-46)34(45)24-31)48-37(52)28-9-7-26(8-10-28)27-17-20-49(21-18-27)19-5-6-22-56-30-13-14-32-33(23-30)40(55)50(39(32)54)35-15-16-36(51)47-38(35)53/h7-14,23-24,27,35,41-42H,5-6,15-22H2,1-4H3,(H,48,52)(H,47,51,53)/t35?,41-,42-. The van der Waals surface area contributed by atoms with Crippen LogP contribution in [0.1, 0.15) is 114 Å². The zero-order valence-electron chi connectivity index (χ0n) is 32.7. The van der Waals surface area contributed by atoms with Gasteiger partial charge in [-0.1, -0.05) is 51.4 Å². The van der Waals surface area contributed by atoms with Crippen LogP contribution in [0, 0.1) is 22.2 Å². The van der Waals surface area contributed by atoms with Gasteiger partial charge in [0.2, 0.25) is 11.8 Å². The second-order valence-corrected chi connectivity index (χ2v) is 17.2. The number of piperidine rings is 2. The highest BCUT2D eigenvalue weighted by Crippen LogP contribution is 2.55. The molecule has 5 amide bonds. The molecule has 2 saturated heterocycles. The number of nitriles is 1. The molecule has 3 heterocycles. The van der Waals surface area contributed by atoms with Gasteiger partial charge in [0.25, 0.3) is 17.7 Å².